The smallest absolute Gasteiger partial charge is 0.305 e. The Balaban J connectivity index is 2.41. The standard InChI is InChI=1S/C20H22O6/c1-23-15-8-5-13(6-9-15)20(22)16-11-14(7-10-19(21)26-4)17(24-2)12-18(16)25-3/h5-6,8-9,11-12H,7,10H2,1-4H3. The summed E-state index contributed by atoms with van der Waals surface area (Å²) >= 11 is 0. The monoisotopic (exact) mass is 358 g/mol. The molecule has 0 heterocycles. The fourth-order valence-electron chi connectivity index (χ4n) is 2.57. The van der Waals surface area contributed by atoms with E-state index in [1.807, 2.05) is 0 Å². The maximum Gasteiger partial charge on any atom is 0.305 e. The quantitative estimate of drug-likeness (QED) is 0.534. The van der Waals surface area contributed by atoms with Crippen LogP contribution in [-0.2, 0) is 16.0 Å². The van der Waals surface area contributed by atoms with Crippen LogP contribution in [0.4, 0.5) is 0 Å². The molecule has 26 heavy (non-hydrogen) atoms. The first-order valence-electron chi connectivity index (χ1n) is 8.04. The molecule has 0 aliphatic heterocycles. The highest BCUT2D eigenvalue weighted by molar-refractivity contribution is 6.11. The lowest BCUT2D eigenvalue weighted by Gasteiger charge is -2.14. The van der Waals surface area contributed by atoms with E-state index in [1.54, 1.807) is 43.5 Å². The molecule has 0 unspecified atom stereocenters. The number of carbonyl (C=O) groups is 2. The van der Waals surface area contributed by atoms with Crippen LogP contribution in [0, 0.1) is 0 Å². The van der Waals surface area contributed by atoms with Crippen molar-refractivity contribution in [3.63, 3.8) is 0 Å². The van der Waals surface area contributed by atoms with Gasteiger partial charge in [0.15, 0.2) is 5.78 Å². The Morgan fingerprint density at radius 3 is 2.04 bits per heavy atom. The van der Waals surface area contributed by atoms with Gasteiger partial charge in [-0.25, -0.2) is 0 Å². The average molecular weight is 358 g/mol. The van der Waals surface area contributed by atoms with Gasteiger partial charge in [-0.1, -0.05) is 0 Å². The van der Waals surface area contributed by atoms with Gasteiger partial charge >= 0.3 is 5.97 Å². The minimum atomic E-state index is -0.328. The number of hydrogen-bond donors (Lipinski definition) is 0. The van der Waals surface area contributed by atoms with E-state index >= 15 is 0 Å². The second-order valence-corrected chi connectivity index (χ2v) is 5.50. The highest BCUT2D eigenvalue weighted by atomic mass is 16.5. The Morgan fingerprint density at radius 1 is 0.846 bits per heavy atom. The van der Waals surface area contributed by atoms with Gasteiger partial charge in [-0.05, 0) is 42.3 Å². The zero-order valence-corrected chi connectivity index (χ0v) is 15.3. The molecule has 0 fully saturated rings. The molecular formula is C20H22O6. The van der Waals surface area contributed by atoms with Crippen LogP contribution in [0.1, 0.15) is 27.9 Å². The third kappa shape index (κ3) is 4.33. The lowest BCUT2D eigenvalue weighted by molar-refractivity contribution is -0.140. The Morgan fingerprint density at radius 2 is 1.50 bits per heavy atom. The second kappa shape index (κ2) is 8.89. The summed E-state index contributed by atoms with van der Waals surface area (Å²) in [5.74, 6) is 1.11. The molecule has 138 valence electrons. The SMILES string of the molecule is COC(=O)CCc1cc(C(=O)c2ccc(OC)cc2)c(OC)cc1OC. The number of ketones is 1. The van der Waals surface area contributed by atoms with Gasteiger partial charge in [-0.15, -0.1) is 0 Å². The van der Waals surface area contributed by atoms with E-state index in [1.165, 1.54) is 21.3 Å². The minimum Gasteiger partial charge on any atom is -0.497 e. The van der Waals surface area contributed by atoms with E-state index in [0.717, 1.165) is 5.56 Å². The van der Waals surface area contributed by atoms with E-state index < -0.39 is 0 Å². The van der Waals surface area contributed by atoms with Gasteiger partial charge < -0.3 is 18.9 Å². The first-order chi connectivity index (χ1) is 12.5. The second-order valence-electron chi connectivity index (χ2n) is 5.50. The largest absolute Gasteiger partial charge is 0.497 e. The van der Waals surface area contributed by atoms with Crippen LogP contribution in [0.25, 0.3) is 0 Å². The van der Waals surface area contributed by atoms with Crippen molar-refractivity contribution in [2.24, 2.45) is 0 Å². The summed E-state index contributed by atoms with van der Waals surface area (Å²) < 4.78 is 20.5. The maximum absolute atomic E-state index is 12.9. The Bertz CT molecular complexity index is 780. The van der Waals surface area contributed by atoms with E-state index in [9.17, 15) is 9.59 Å². The molecule has 6 heteroatoms. The normalized spacial score (nSPS) is 10.2. The molecule has 0 radical (unpaired) electrons. The van der Waals surface area contributed by atoms with E-state index in [0.29, 0.717) is 34.8 Å². The van der Waals surface area contributed by atoms with Crippen LogP contribution in [0.5, 0.6) is 17.2 Å². The highest BCUT2D eigenvalue weighted by Gasteiger charge is 2.19. The van der Waals surface area contributed by atoms with Gasteiger partial charge in [0.2, 0.25) is 0 Å². The number of hydrogen-bond acceptors (Lipinski definition) is 6. The molecule has 0 aliphatic rings. The van der Waals surface area contributed by atoms with Gasteiger partial charge in [0.25, 0.3) is 0 Å². The van der Waals surface area contributed by atoms with Crippen molar-refractivity contribution >= 4 is 11.8 Å². The van der Waals surface area contributed by atoms with Crippen molar-refractivity contribution in [2.45, 2.75) is 12.8 Å². The number of rotatable bonds is 8. The number of benzene rings is 2. The molecule has 2 rings (SSSR count). The number of ether oxygens (including phenoxy) is 4. The molecular weight excluding hydrogens is 336 g/mol. The molecule has 0 bridgehead atoms. The zero-order valence-electron chi connectivity index (χ0n) is 15.3. The van der Waals surface area contributed by atoms with Crippen LogP contribution in [-0.4, -0.2) is 40.2 Å². The van der Waals surface area contributed by atoms with Gasteiger partial charge in [-0.2, -0.15) is 0 Å². The molecule has 0 atom stereocenters. The van der Waals surface area contributed by atoms with Gasteiger partial charge in [0.05, 0.1) is 34.0 Å². The van der Waals surface area contributed by atoms with Crippen molar-refractivity contribution in [3.05, 3.63) is 53.1 Å². The third-order valence-corrected chi connectivity index (χ3v) is 4.03. The van der Waals surface area contributed by atoms with Crippen molar-refractivity contribution in [3.8, 4) is 17.2 Å². The fourth-order valence-corrected chi connectivity index (χ4v) is 2.57. The van der Waals surface area contributed by atoms with Crippen LogP contribution in [0.2, 0.25) is 0 Å². The summed E-state index contributed by atoms with van der Waals surface area (Å²) in [5.41, 5.74) is 1.64. The molecule has 2 aromatic rings. The van der Waals surface area contributed by atoms with Crippen molar-refractivity contribution in [2.75, 3.05) is 28.4 Å². The lowest BCUT2D eigenvalue weighted by atomic mass is 9.97. The molecule has 0 amide bonds. The Hall–Kier alpha value is -3.02. The number of aryl methyl sites for hydroxylation is 1. The van der Waals surface area contributed by atoms with Gasteiger partial charge in [0, 0.05) is 18.1 Å². The van der Waals surface area contributed by atoms with Gasteiger partial charge in [-0.3, -0.25) is 9.59 Å². The predicted octanol–water partition coefficient (Wildman–Crippen LogP) is 3.05. The summed E-state index contributed by atoms with van der Waals surface area (Å²) in [6, 6.07) is 10.2. The molecule has 2 aromatic carbocycles. The summed E-state index contributed by atoms with van der Waals surface area (Å²) in [4.78, 5) is 24.4. The van der Waals surface area contributed by atoms with E-state index in [2.05, 4.69) is 4.74 Å². The molecule has 0 saturated carbocycles. The topological polar surface area (TPSA) is 71.1 Å². The molecule has 0 aromatic heterocycles. The predicted molar refractivity (Wildman–Crippen MR) is 96.3 cm³/mol. The molecule has 6 nitrogen and oxygen atoms in total. The molecule has 0 aliphatic carbocycles. The number of carbonyl (C=O) groups excluding carboxylic acids is 2. The summed E-state index contributed by atoms with van der Waals surface area (Å²) in [6.45, 7) is 0. The van der Waals surface area contributed by atoms with E-state index in [-0.39, 0.29) is 18.2 Å². The van der Waals surface area contributed by atoms with Crippen LogP contribution >= 0.6 is 0 Å². The summed E-state index contributed by atoms with van der Waals surface area (Å²) in [5, 5.41) is 0. The summed E-state index contributed by atoms with van der Waals surface area (Å²) in [6.07, 6.45) is 0.581. The highest BCUT2D eigenvalue weighted by Crippen LogP contribution is 2.32. The summed E-state index contributed by atoms with van der Waals surface area (Å²) in [7, 11) is 5.93. The van der Waals surface area contributed by atoms with Crippen molar-refractivity contribution in [1.82, 2.24) is 0 Å². The maximum atomic E-state index is 12.9. The number of esters is 1. The van der Waals surface area contributed by atoms with Crippen LogP contribution in [0.15, 0.2) is 36.4 Å². The Labute approximate surface area is 152 Å². The molecule has 0 N–H and O–H groups in total. The lowest BCUT2D eigenvalue weighted by Crippen LogP contribution is -2.08. The first-order valence-corrected chi connectivity index (χ1v) is 8.04. The Kier molecular flexibility index (Phi) is 6.60. The van der Waals surface area contributed by atoms with Crippen LogP contribution in [0.3, 0.4) is 0 Å². The van der Waals surface area contributed by atoms with Crippen LogP contribution < -0.4 is 14.2 Å². The fraction of sp³-hybridized carbons (Fsp3) is 0.300. The molecule has 0 spiro atoms. The number of methoxy groups -OCH3 is 4. The molecule has 0 saturated heterocycles. The van der Waals surface area contributed by atoms with Gasteiger partial charge in [0.1, 0.15) is 17.2 Å². The van der Waals surface area contributed by atoms with Crippen molar-refractivity contribution in [1.29, 1.82) is 0 Å². The first kappa shape index (κ1) is 19.3. The zero-order chi connectivity index (χ0) is 19.1. The minimum absolute atomic E-state index is 0.188. The van der Waals surface area contributed by atoms with Crippen molar-refractivity contribution < 1.29 is 28.5 Å². The average Bonchev–Trinajstić information content (AvgIpc) is 2.70. The third-order valence-electron chi connectivity index (χ3n) is 4.03. The van der Waals surface area contributed by atoms with E-state index in [4.69, 9.17) is 14.2 Å².